The summed E-state index contributed by atoms with van der Waals surface area (Å²) >= 11 is 0. The van der Waals surface area contributed by atoms with Crippen molar-refractivity contribution >= 4 is 5.78 Å². The van der Waals surface area contributed by atoms with E-state index >= 15 is 0 Å². The van der Waals surface area contributed by atoms with Crippen LogP contribution in [0.2, 0.25) is 0 Å². The molecule has 0 N–H and O–H groups in total. The fourth-order valence-corrected chi connectivity index (χ4v) is 6.47. The first-order chi connectivity index (χ1) is 16.0. The zero-order valence-electron chi connectivity index (χ0n) is 20.2. The average molecular weight is 445 g/mol. The van der Waals surface area contributed by atoms with Crippen LogP contribution in [0, 0.1) is 17.3 Å². The Balaban J connectivity index is 1.45. The Hall–Kier alpha value is -2.55. The van der Waals surface area contributed by atoms with Gasteiger partial charge in [-0.15, -0.1) is 0 Å². The van der Waals surface area contributed by atoms with E-state index in [1.165, 1.54) is 11.1 Å². The molecule has 1 fully saturated rings. The minimum Gasteiger partial charge on any atom is -0.487 e. The maximum absolute atomic E-state index is 12.6. The molecule has 1 saturated carbocycles. The van der Waals surface area contributed by atoms with E-state index in [1.54, 1.807) is 0 Å². The fourth-order valence-electron chi connectivity index (χ4n) is 6.47. The lowest BCUT2D eigenvalue weighted by molar-refractivity contribution is -0.126. The number of ether oxygens (including phenoxy) is 2. The normalized spacial score (nSPS) is 28.6. The maximum atomic E-state index is 12.6. The van der Waals surface area contributed by atoms with Crippen LogP contribution >= 0.6 is 0 Å². The first-order valence-corrected chi connectivity index (χ1v) is 12.7. The molecule has 33 heavy (non-hydrogen) atoms. The van der Waals surface area contributed by atoms with Crippen LogP contribution in [0.4, 0.5) is 0 Å². The van der Waals surface area contributed by atoms with Crippen LogP contribution in [-0.2, 0) is 17.8 Å². The zero-order valence-corrected chi connectivity index (χ0v) is 20.2. The Labute approximate surface area is 198 Å². The average Bonchev–Trinajstić information content (AvgIpc) is 3.13. The van der Waals surface area contributed by atoms with Gasteiger partial charge in [-0.05, 0) is 91.7 Å². The number of hydrogen-bond donors (Lipinski definition) is 0. The molecule has 3 aliphatic rings. The highest BCUT2D eigenvalue weighted by Crippen LogP contribution is 2.58. The first-order valence-electron chi connectivity index (χ1n) is 12.7. The number of rotatable bonds is 7. The summed E-state index contributed by atoms with van der Waals surface area (Å²) in [5, 5.41) is 0. The summed E-state index contributed by atoms with van der Waals surface area (Å²) in [7, 11) is 0. The van der Waals surface area contributed by atoms with Crippen LogP contribution in [0.5, 0.6) is 11.5 Å². The van der Waals surface area contributed by atoms with E-state index in [1.807, 2.05) is 24.3 Å². The smallest absolute Gasteiger partial charge is 0.161 e. The molecule has 3 heteroatoms. The van der Waals surface area contributed by atoms with E-state index in [0.29, 0.717) is 30.1 Å². The molecule has 5 atom stereocenters. The number of carbonyl (C=O) groups excluding carboxylic acids is 1. The molecule has 2 aromatic carbocycles. The van der Waals surface area contributed by atoms with Crippen LogP contribution in [0.1, 0.15) is 75.5 Å². The highest BCUT2D eigenvalue weighted by atomic mass is 16.5. The molecule has 0 spiro atoms. The highest BCUT2D eigenvalue weighted by Gasteiger charge is 2.52. The van der Waals surface area contributed by atoms with E-state index in [9.17, 15) is 4.79 Å². The van der Waals surface area contributed by atoms with Crippen LogP contribution in [0.15, 0.2) is 54.6 Å². The van der Waals surface area contributed by atoms with Crippen molar-refractivity contribution in [1.82, 2.24) is 0 Å². The lowest BCUT2D eigenvalue weighted by Gasteiger charge is -2.48. The van der Waals surface area contributed by atoms with Crippen molar-refractivity contribution in [1.29, 1.82) is 0 Å². The number of carbonyl (C=O) groups is 1. The first kappa shape index (κ1) is 22.3. The molecular formula is C30H36O3. The zero-order chi connectivity index (χ0) is 23.0. The van der Waals surface area contributed by atoms with Gasteiger partial charge in [0, 0.05) is 5.41 Å². The van der Waals surface area contributed by atoms with Gasteiger partial charge in [0.15, 0.2) is 17.3 Å². The van der Waals surface area contributed by atoms with Gasteiger partial charge < -0.3 is 9.47 Å². The van der Waals surface area contributed by atoms with Gasteiger partial charge in [0.05, 0.1) is 6.10 Å². The summed E-state index contributed by atoms with van der Waals surface area (Å²) in [5.74, 6) is 3.46. The second-order valence-electron chi connectivity index (χ2n) is 10.5. The van der Waals surface area contributed by atoms with Gasteiger partial charge in [-0.2, -0.15) is 0 Å². The van der Waals surface area contributed by atoms with Crippen molar-refractivity contribution in [3.63, 3.8) is 0 Å². The number of benzene rings is 2. The van der Waals surface area contributed by atoms with Gasteiger partial charge in [-0.25, -0.2) is 0 Å². The highest BCUT2D eigenvalue weighted by molar-refractivity contribution is 5.97. The number of fused-ring (bicyclic) bond motifs is 5. The van der Waals surface area contributed by atoms with Crippen molar-refractivity contribution in [3.05, 3.63) is 71.3 Å². The Morgan fingerprint density at radius 1 is 1.12 bits per heavy atom. The number of ketones is 1. The van der Waals surface area contributed by atoms with E-state index in [4.69, 9.17) is 9.47 Å². The van der Waals surface area contributed by atoms with Crippen molar-refractivity contribution < 1.29 is 14.3 Å². The molecule has 3 nitrogen and oxygen atoms in total. The van der Waals surface area contributed by atoms with Gasteiger partial charge in [0.25, 0.3) is 0 Å². The van der Waals surface area contributed by atoms with Crippen molar-refractivity contribution in [2.75, 3.05) is 0 Å². The fraction of sp³-hybridized carbons (Fsp3) is 0.500. The summed E-state index contributed by atoms with van der Waals surface area (Å²) in [6, 6.07) is 14.8. The van der Waals surface area contributed by atoms with Crippen molar-refractivity contribution in [2.24, 2.45) is 17.3 Å². The Bertz CT molecular complexity index is 1040. The maximum Gasteiger partial charge on any atom is 0.161 e. The van der Waals surface area contributed by atoms with Gasteiger partial charge in [0.2, 0.25) is 0 Å². The van der Waals surface area contributed by atoms with Crippen LogP contribution in [0.3, 0.4) is 0 Å². The van der Waals surface area contributed by atoms with Gasteiger partial charge in [-0.1, -0.05) is 56.7 Å². The molecule has 2 aromatic rings. The number of aryl methyl sites for hydroxylation is 1. The molecule has 0 saturated heterocycles. The van der Waals surface area contributed by atoms with Gasteiger partial charge in [0.1, 0.15) is 6.61 Å². The topological polar surface area (TPSA) is 35.5 Å². The summed E-state index contributed by atoms with van der Waals surface area (Å²) in [6.07, 6.45) is 10.6. The molecule has 1 unspecified atom stereocenters. The Kier molecular flexibility index (Phi) is 6.07. The molecule has 174 valence electrons. The van der Waals surface area contributed by atoms with Crippen LogP contribution < -0.4 is 9.47 Å². The van der Waals surface area contributed by atoms with E-state index in [-0.39, 0.29) is 11.5 Å². The molecule has 3 aliphatic carbocycles. The molecule has 0 aliphatic heterocycles. The summed E-state index contributed by atoms with van der Waals surface area (Å²) in [5.41, 5.74) is 3.79. The van der Waals surface area contributed by atoms with Crippen LogP contribution in [0.25, 0.3) is 0 Å². The third-order valence-corrected chi connectivity index (χ3v) is 8.32. The lowest BCUT2D eigenvalue weighted by Crippen LogP contribution is -2.42. The van der Waals surface area contributed by atoms with E-state index in [2.05, 4.69) is 51.1 Å². The van der Waals surface area contributed by atoms with Gasteiger partial charge in [-0.3, -0.25) is 4.79 Å². The molecule has 0 heterocycles. The van der Waals surface area contributed by atoms with E-state index < -0.39 is 0 Å². The molecule has 0 amide bonds. The van der Waals surface area contributed by atoms with Crippen molar-refractivity contribution in [3.8, 4) is 11.5 Å². The molecule has 0 radical (unpaired) electrons. The summed E-state index contributed by atoms with van der Waals surface area (Å²) in [4.78, 5) is 12.6. The molecule has 0 bridgehead atoms. The third kappa shape index (κ3) is 4.11. The largest absolute Gasteiger partial charge is 0.487 e. The quantitative estimate of drug-likeness (QED) is 0.460. The van der Waals surface area contributed by atoms with Gasteiger partial charge >= 0.3 is 0 Å². The standard InChI is InChI=1S/C30H36O3/c1-4-8-20(2)33-28-18-25-22(17-27(28)32-19-21-9-6-5-7-10-21)11-12-24-23(25)15-16-30(3)26(24)13-14-29(30)31/h5-7,9-10,13-14,17-18,20,23-24,26H,4,8,11-12,15-16,19H2,1-3H3/t20?,23-,24+,26-,30-/m0/s1. The Morgan fingerprint density at radius 2 is 1.94 bits per heavy atom. The number of allylic oxidation sites excluding steroid dienone is 2. The Morgan fingerprint density at radius 3 is 2.73 bits per heavy atom. The van der Waals surface area contributed by atoms with E-state index in [0.717, 1.165) is 55.6 Å². The second kappa shape index (κ2) is 9.00. The second-order valence-corrected chi connectivity index (χ2v) is 10.5. The lowest BCUT2D eigenvalue weighted by atomic mass is 9.55. The van der Waals surface area contributed by atoms with Crippen LogP contribution in [-0.4, -0.2) is 11.9 Å². The molecular weight excluding hydrogens is 408 g/mol. The monoisotopic (exact) mass is 444 g/mol. The predicted molar refractivity (Wildman–Crippen MR) is 132 cm³/mol. The molecule has 0 aromatic heterocycles. The van der Waals surface area contributed by atoms with Crippen molar-refractivity contribution in [2.45, 2.75) is 77.9 Å². The summed E-state index contributed by atoms with van der Waals surface area (Å²) < 4.78 is 12.8. The minimum absolute atomic E-state index is 0.150. The molecule has 5 rings (SSSR count). The minimum atomic E-state index is -0.188. The number of hydrogen-bond acceptors (Lipinski definition) is 3. The summed E-state index contributed by atoms with van der Waals surface area (Å²) in [6.45, 7) is 7.07. The third-order valence-electron chi connectivity index (χ3n) is 8.32. The SMILES string of the molecule is CCCC(C)Oc1cc2c(cc1OCc1ccccc1)CC[C@@H]1[C@@H]2CC[C@]2(C)C(=O)C=C[C@@H]12. The predicted octanol–water partition coefficient (Wildman–Crippen LogP) is 7.03.